The number of aryl methyl sites for hydroxylation is 1. The van der Waals surface area contributed by atoms with Crippen molar-refractivity contribution in [2.24, 2.45) is 0 Å². The van der Waals surface area contributed by atoms with Gasteiger partial charge in [0.25, 0.3) is 11.8 Å². The minimum absolute atomic E-state index is 0.0907. The van der Waals surface area contributed by atoms with Crippen molar-refractivity contribution < 1.29 is 24.2 Å². The summed E-state index contributed by atoms with van der Waals surface area (Å²) in [7, 11) is 1.53. The van der Waals surface area contributed by atoms with E-state index in [2.05, 4.69) is 10.6 Å². The number of benzene rings is 2. The van der Waals surface area contributed by atoms with Gasteiger partial charge in [0.05, 0.1) is 19.6 Å². The number of nitrogens with one attached hydrogen (secondary N) is 2. The van der Waals surface area contributed by atoms with Crippen LogP contribution in [0.3, 0.4) is 0 Å². The number of amides is 2. The van der Waals surface area contributed by atoms with Crippen molar-refractivity contribution in [3.05, 3.63) is 70.9 Å². The standard InChI is InChI=1S/C20H20N2O5/c1-13-3-7-15(8-4-13)19(25)22-17(20(26)21-12-18(23)24)11-14-5-9-16(27-2)10-6-14/h3-11H,12H2,1-2H3,(H,21,26)(H,22,25)(H,23,24)/p-1/b17-11-. The molecule has 0 aliphatic carbocycles. The van der Waals surface area contributed by atoms with E-state index < -0.39 is 24.3 Å². The number of carboxylic acid groups (broad SMARTS) is 1. The largest absolute Gasteiger partial charge is 0.548 e. The van der Waals surface area contributed by atoms with Crippen LogP contribution in [-0.4, -0.2) is 31.4 Å². The van der Waals surface area contributed by atoms with E-state index in [9.17, 15) is 19.5 Å². The number of hydrogen-bond acceptors (Lipinski definition) is 5. The molecule has 0 spiro atoms. The van der Waals surface area contributed by atoms with Crippen molar-refractivity contribution in [3.8, 4) is 5.75 Å². The second kappa shape index (κ2) is 9.19. The van der Waals surface area contributed by atoms with Gasteiger partial charge in [0, 0.05) is 5.56 Å². The molecule has 2 N–H and O–H groups in total. The van der Waals surface area contributed by atoms with E-state index in [4.69, 9.17) is 4.74 Å². The summed E-state index contributed by atoms with van der Waals surface area (Å²) in [5.74, 6) is -2.02. The summed E-state index contributed by atoms with van der Waals surface area (Å²) in [6, 6.07) is 13.6. The lowest BCUT2D eigenvalue weighted by Crippen LogP contribution is -2.41. The maximum Gasteiger partial charge on any atom is 0.268 e. The number of carboxylic acids is 1. The van der Waals surface area contributed by atoms with Crippen LogP contribution in [0.5, 0.6) is 5.75 Å². The molecule has 0 unspecified atom stereocenters. The lowest BCUT2D eigenvalue weighted by Gasteiger charge is -2.12. The van der Waals surface area contributed by atoms with Crippen LogP contribution in [-0.2, 0) is 9.59 Å². The first-order valence-corrected chi connectivity index (χ1v) is 8.11. The van der Waals surface area contributed by atoms with E-state index >= 15 is 0 Å². The SMILES string of the molecule is COc1ccc(/C=C(\NC(=O)c2ccc(C)cc2)C(=O)NCC(=O)[O-])cc1. The number of carbonyl (C=O) groups excluding carboxylic acids is 3. The predicted octanol–water partition coefficient (Wildman–Crippen LogP) is 0.641. The third-order valence-electron chi connectivity index (χ3n) is 3.63. The van der Waals surface area contributed by atoms with Gasteiger partial charge in [0.1, 0.15) is 11.4 Å². The van der Waals surface area contributed by atoms with Crippen molar-refractivity contribution in [1.29, 1.82) is 0 Å². The molecule has 0 aliphatic heterocycles. The van der Waals surface area contributed by atoms with Crippen LogP contribution in [0.4, 0.5) is 0 Å². The van der Waals surface area contributed by atoms with E-state index in [1.807, 2.05) is 6.92 Å². The molecule has 0 saturated heterocycles. The Bertz CT molecular complexity index is 855. The summed E-state index contributed by atoms with van der Waals surface area (Å²) in [4.78, 5) is 35.3. The van der Waals surface area contributed by atoms with Crippen molar-refractivity contribution in [1.82, 2.24) is 10.6 Å². The fourth-order valence-electron chi connectivity index (χ4n) is 2.17. The number of methoxy groups -OCH3 is 1. The molecule has 27 heavy (non-hydrogen) atoms. The summed E-state index contributed by atoms with van der Waals surface area (Å²) in [6.07, 6.45) is 1.44. The van der Waals surface area contributed by atoms with Crippen LogP contribution in [0, 0.1) is 6.92 Å². The second-order valence-corrected chi connectivity index (χ2v) is 5.71. The maximum absolute atomic E-state index is 12.4. The van der Waals surface area contributed by atoms with Crippen LogP contribution in [0.25, 0.3) is 6.08 Å². The van der Waals surface area contributed by atoms with E-state index in [0.717, 1.165) is 5.56 Å². The quantitative estimate of drug-likeness (QED) is 0.699. The molecule has 2 aromatic rings. The summed E-state index contributed by atoms with van der Waals surface area (Å²) >= 11 is 0. The molecule has 0 heterocycles. The van der Waals surface area contributed by atoms with Gasteiger partial charge in [0.2, 0.25) is 0 Å². The topological polar surface area (TPSA) is 108 Å². The van der Waals surface area contributed by atoms with Gasteiger partial charge in [-0.05, 0) is 42.8 Å². The molecule has 0 saturated carbocycles. The first kappa shape index (κ1) is 19.7. The summed E-state index contributed by atoms with van der Waals surface area (Å²) in [6.45, 7) is 1.23. The summed E-state index contributed by atoms with van der Waals surface area (Å²) in [5.41, 5.74) is 1.90. The highest BCUT2D eigenvalue weighted by atomic mass is 16.5. The molecule has 2 rings (SSSR count). The number of aliphatic carboxylic acids is 1. The normalized spacial score (nSPS) is 10.8. The third kappa shape index (κ3) is 6.00. The Balaban J connectivity index is 2.26. The third-order valence-corrected chi connectivity index (χ3v) is 3.63. The minimum Gasteiger partial charge on any atom is -0.548 e. The number of hydrogen-bond donors (Lipinski definition) is 2. The van der Waals surface area contributed by atoms with Gasteiger partial charge >= 0.3 is 0 Å². The smallest absolute Gasteiger partial charge is 0.268 e. The van der Waals surface area contributed by atoms with Crippen molar-refractivity contribution in [3.63, 3.8) is 0 Å². The first-order chi connectivity index (χ1) is 12.9. The van der Waals surface area contributed by atoms with Gasteiger partial charge in [0.15, 0.2) is 0 Å². The molecule has 140 valence electrons. The second-order valence-electron chi connectivity index (χ2n) is 5.71. The number of carbonyl (C=O) groups is 3. The molecule has 0 bridgehead atoms. The summed E-state index contributed by atoms with van der Waals surface area (Å²) in [5, 5.41) is 15.3. The Morgan fingerprint density at radius 1 is 1.04 bits per heavy atom. The van der Waals surface area contributed by atoms with Gasteiger partial charge in [-0.3, -0.25) is 9.59 Å². The minimum atomic E-state index is -1.43. The van der Waals surface area contributed by atoms with Crippen LogP contribution in [0.2, 0.25) is 0 Å². The molecule has 0 atom stereocenters. The number of ether oxygens (including phenoxy) is 1. The van der Waals surface area contributed by atoms with Gasteiger partial charge in [-0.1, -0.05) is 29.8 Å². The van der Waals surface area contributed by atoms with Crippen molar-refractivity contribution in [2.45, 2.75) is 6.92 Å². The van der Waals surface area contributed by atoms with Crippen molar-refractivity contribution >= 4 is 23.9 Å². The Labute approximate surface area is 156 Å². The lowest BCUT2D eigenvalue weighted by atomic mass is 10.1. The molecule has 7 heteroatoms. The Hall–Kier alpha value is -3.61. The highest BCUT2D eigenvalue weighted by Crippen LogP contribution is 2.14. The molecule has 0 fully saturated rings. The molecule has 2 aromatic carbocycles. The zero-order valence-corrected chi connectivity index (χ0v) is 14.9. The highest BCUT2D eigenvalue weighted by molar-refractivity contribution is 6.05. The molecule has 0 radical (unpaired) electrons. The van der Waals surface area contributed by atoms with E-state index in [0.29, 0.717) is 16.9 Å². The van der Waals surface area contributed by atoms with E-state index in [1.54, 1.807) is 48.5 Å². The molecule has 2 amide bonds. The predicted molar refractivity (Wildman–Crippen MR) is 97.6 cm³/mol. The average Bonchev–Trinajstić information content (AvgIpc) is 2.66. The van der Waals surface area contributed by atoms with Crippen molar-refractivity contribution in [2.75, 3.05) is 13.7 Å². The van der Waals surface area contributed by atoms with Crippen LogP contribution in [0.1, 0.15) is 21.5 Å². The van der Waals surface area contributed by atoms with Crippen LogP contribution in [0.15, 0.2) is 54.2 Å². The lowest BCUT2D eigenvalue weighted by molar-refractivity contribution is -0.303. The Kier molecular flexibility index (Phi) is 6.71. The van der Waals surface area contributed by atoms with Gasteiger partial charge in [-0.25, -0.2) is 0 Å². The fraction of sp³-hybridized carbons (Fsp3) is 0.150. The zero-order chi connectivity index (χ0) is 19.8. The summed E-state index contributed by atoms with van der Waals surface area (Å²) < 4.78 is 5.08. The van der Waals surface area contributed by atoms with E-state index in [1.165, 1.54) is 13.2 Å². The number of rotatable bonds is 7. The average molecular weight is 367 g/mol. The van der Waals surface area contributed by atoms with Gasteiger partial charge < -0.3 is 25.3 Å². The van der Waals surface area contributed by atoms with Gasteiger partial charge in [-0.2, -0.15) is 0 Å². The Morgan fingerprint density at radius 3 is 2.22 bits per heavy atom. The van der Waals surface area contributed by atoms with Crippen LogP contribution >= 0.6 is 0 Å². The molecule has 0 aliphatic rings. The van der Waals surface area contributed by atoms with Gasteiger partial charge in [-0.15, -0.1) is 0 Å². The molecule has 0 aromatic heterocycles. The monoisotopic (exact) mass is 367 g/mol. The first-order valence-electron chi connectivity index (χ1n) is 8.11. The fourth-order valence-corrected chi connectivity index (χ4v) is 2.17. The van der Waals surface area contributed by atoms with E-state index in [-0.39, 0.29) is 5.70 Å². The van der Waals surface area contributed by atoms with Crippen LogP contribution < -0.4 is 20.5 Å². The molecular weight excluding hydrogens is 348 g/mol. The molecular formula is C20H19N2O5-. The Morgan fingerprint density at radius 2 is 1.67 bits per heavy atom. The zero-order valence-electron chi connectivity index (χ0n) is 14.9. The molecule has 7 nitrogen and oxygen atoms in total. The highest BCUT2D eigenvalue weighted by Gasteiger charge is 2.14. The maximum atomic E-state index is 12.4.